The molecule has 1 unspecified atom stereocenters. The molecular formula is C19H22FN. The molecule has 0 spiro atoms. The van der Waals surface area contributed by atoms with Gasteiger partial charge in [-0.25, -0.2) is 4.39 Å². The van der Waals surface area contributed by atoms with Gasteiger partial charge in [0.1, 0.15) is 5.82 Å². The van der Waals surface area contributed by atoms with Crippen LogP contribution in [0, 0.1) is 11.7 Å². The zero-order valence-corrected chi connectivity index (χ0v) is 12.3. The molecule has 1 saturated carbocycles. The van der Waals surface area contributed by atoms with Crippen LogP contribution in [0.15, 0.2) is 54.6 Å². The van der Waals surface area contributed by atoms with Gasteiger partial charge >= 0.3 is 0 Å². The molecule has 0 aromatic heterocycles. The van der Waals surface area contributed by atoms with Crippen molar-refractivity contribution in [2.45, 2.75) is 38.1 Å². The van der Waals surface area contributed by atoms with E-state index in [4.69, 9.17) is 0 Å². The van der Waals surface area contributed by atoms with Gasteiger partial charge in [0.2, 0.25) is 0 Å². The Morgan fingerprint density at radius 3 is 2.19 bits per heavy atom. The Hall–Kier alpha value is -1.83. The van der Waals surface area contributed by atoms with E-state index in [0.29, 0.717) is 12.0 Å². The van der Waals surface area contributed by atoms with Gasteiger partial charge in [-0.15, -0.1) is 0 Å². The second-order valence-corrected chi connectivity index (χ2v) is 5.94. The van der Waals surface area contributed by atoms with Crippen LogP contribution in [0.3, 0.4) is 0 Å². The standard InChI is InChI=1S/C19H22FN/c20-17-11-13-18(14-12-17)21-19(15-7-3-1-4-8-15)16-9-5-2-6-10-16/h1,3-4,7-8,11-14,16,19,21H,2,5-6,9-10H2. The zero-order valence-electron chi connectivity index (χ0n) is 12.3. The molecule has 1 N–H and O–H groups in total. The highest BCUT2D eigenvalue weighted by Gasteiger charge is 2.24. The van der Waals surface area contributed by atoms with E-state index in [1.54, 1.807) is 0 Å². The van der Waals surface area contributed by atoms with E-state index < -0.39 is 0 Å². The summed E-state index contributed by atoms with van der Waals surface area (Å²) in [7, 11) is 0. The number of hydrogen-bond acceptors (Lipinski definition) is 1. The number of rotatable bonds is 4. The van der Waals surface area contributed by atoms with E-state index in [1.165, 1.54) is 49.8 Å². The van der Waals surface area contributed by atoms with Crippen molar-refractivity contribution >= 4 is 5.69 Å². The van der Waals surface area contributed by atoms with Crippen LogP contribution < -0.4 is 5.32 Å². The third-order valence-electron chi connectivity index (χ3n) is 4.45. The predicted octanol–water partition coefficient (Wildman–Crippen LogP) is 5.56. The van der Waals surface area contributed by atoms with Crippen LogP contribution in [-0.2, 0) is 0 Å². The van der Waals surface area contributed by atoms with E-state index >= 15 is 0 Å². The van der Waals surface area contributed by atoms with Crippen molar-refractivity contribution < 1.29 is 4.39 Å². The van der Waals surface area contributed by atoms with Crippen molar-refractivity contribution in [1.29, 1.82) is 0 Å². The van der Waals surface area contributed by atoms with Crippen LogP contribution in [0.2, 0.25) is 0 Å². The highest BCUT2D eigenvalue weighted by atomic mass is 19.1. The lowest BCUT2D eigenvalue weighted by molar-refractivity contribution is 0.321. The van der Waals surface area contributed by atoms with Crippen molar-refractivity contribution in [2.24, 2.45) is 5.92 Å². The molecule has 2 aromatic carbocycles. The first-order valence-corrected chi connectivity index (χ1v) is 7.90. The highest BCUT2D eigenvalue weighted by molar-refractivity contribution is 5.45. The first-order chi connectivity index (χ1) is 10.3. The first-order valence-electron chi connectivity index (χ1n) is 7.90. The van der Waals surface area contributed by atoms with E-state index in [9.17, 15) is 4.39 Å². The minimum atomic E-state index is -0.186. The SMILES string of the molecule is Fc1ccc(NC(c2ccccc2)C2CCCCC2)cc1. The molecular weight excluding hydrogens is 261 g/mol. The molecule has 0 radical (unpaired) electrons. The molecule has 21 heavy (non-hydrogen) atoms. The summed E-state index contributed by atoms with van der Waals surface area (Å²) in [6.07, 6.45) is 6.54. The Morgan fingerprint density at radius 2 is 1.52 bits per heavy atom. The maximum atomic E-state index is 13.1. The Kier molecular flexibility index (Phi) is 4.54. The maximum absolute atomic E-state index is 13.1. The van der Waals surface area contributed by atoms with Crippen LogP contribution in [0.1, 0.15) is 43.7 Å². The zero-order chi connectivity index (χ0) is 14.5. The smallest absolute Gasteiger partial charge is 0.123 e. The minimum Gasteiger partial charge on any atom is -0.378 e. The highest BCUT2D eigenvalue weighted by Crippen LogP contribution is 2.36. The summed E-state index contributed by atoms with van der Waals surface area (Å²) in [6, 6.07) is 17.6. The Labute approximate surface area is 126 Å². The van der Waals surface area contributed by atoms with E-state index in [1.807, 2.05) is 12.1 Å². The molecule has 1 aliphatic rings. The lowest BCUT2D eigenvalue weighted by Gasteiger charge is -2.32. The fourth-order valence-electron chi connectivity index (χ4n) is 3.33. The second kappa shape index (κ2) is 6.75. The van der Waals surface area contributed by atoms with Crippen molar-refractivity contribution in [1.82, 2.24) is 0 Å². The van der Waals surface area contributed by atoms with Gasteiger partial charge in [0.25, 0.3) is 0 Å². The molecule has 0 aliphatic heterocycles. The lowest BCUT2D eigenvalue weighted by atomic mass is 9.81. The molecule has 110 valence electrons. The van der Waals surface area contributed by atoms with Crippen LogP contribution in [0.25, 0.3) is 0 Å². The van der Waals surface area contributed by atoms with Gasteiger partial charge < -0.3 is 5.32 Å². The average molecular weight is 283 g/mol. The average Bonchev–Trinajstić information content (AvgIpc) is 2.56. The molecule has 1 nitrogen and oxygen atoms in total. The van der Waals surface area contributed by atoms with Crippen LogP contribution in [0.4, 0.5) is 10.1 Å². The van der Waals surface area contributed by atoms with Gasteiger partial charge in [0, 0.05) is 5.69 Å². The molecule has 1 aliphatic carbocycles. The van der Waals surface area contributed by atoms with Crippen molar-refractivity contribution in [2.75, 3.05) is 5.32 Å². The maximum Gasteiger partial charge on any atom is 0.123 e. The fraction of sp³-hybridized carbons (Fsp3) is 0.368. The van der Waals surface area contributed by atoms with Crippen molar-refractivity contribution in [3.63, 3.8) is 0 Å². The quantitative estimate of drug-likeness (QED) is 0.774. The number of hydrogen-bond donors (Lipinski definition) is 1. The number of anilines is 1. The number of benzene rings is 2. The van der Waals surface area contributed by atoms with E-state index in [-0.39, 0.29) is 5.82 Å². The minimum absolute atomic E-state index is 0.186. The third-order valence-corrected chi connectivity index (χ3v) is 4.45. The lowest BCUT2D eigenvalue weighted by Crippen LogP contribution is -2.23. The summed E-state index contributed by atoms with van der Waals surface area (Å²) < 4.78 is 13.1. The topological polar surface area (TPSA) is 12.0 Å². The largest absolute Gasteiger partial charge is 0.378 e. The second-order valence-electron chi connectivity index (χ2n) is 5.94. The first kappa shape index (κ1) is 14.1. The van der Waals surface area contributed by atoms with E-state index in [2.05, 4.69) is 35.6 Å². The van der Waals surface area contributed by atoms with Crippen molar-refractivity contribution in [3.05, 3.63) is 66.0 Å². The van der Waals surface area contributed by atoms with Gasteiger partial charge in [0.15, 0.2) is 0 Å². The molecule has 2 heteroatoms. The predicted molar refractivity (Wildman–Crippen MR) is 85.8 cm³/mol. The number of nitrogens with one attached hydrogen (secondary N) is 1. The molecule has 0 saturated heterocycles. The summed E-state index contributed by atoms with van der Waals surface area (Å²) in [5.74, 6) is 0.473. The molecule has 1 atom stereocenters. The van der Waals surface area contributed by atoms with Crippen LogP contribution >= 0.6 is 0 Å². The fourth-order valence-corrected chi connectivity index (χ4v) is 3.33. The monoisotopic (exact) mass is 283 g/mol. The third kappa shape index (κ3) is 3.63. The molecule has 3 rings (SSSR count). The number of halogens is 1. The molecule has 2 aromatic rings. The normalized spacial score (nSPS) is 17.4. The molecule has 0 heterocycles. The summed E-state index contributed by atoms with van der Waals surface area (Å²) >= 11 is 0. The molecule has 1 fully saturated rings. The molecule has 0 amide bonds. The Morgan fingerprint density at radius 1 is 0.857 bits per heavy atom. The van der Waals surface area contributed by atoms with Gasteiger partial charge in [-0.2, -0.15) is 0 Å². The van der Waals surface area contributed by atoms with Gasteiger partial charge in [-0.1, -0.05) is 49.6 Å². The van der Waals surface area contributed by atoms with Gasteiger partial charge in [-0.3, -0.25) is 0 Å². The summed E-state index contributed by atoms with van der Waals surface area (Å²) in [4.78, 5) is 0. The van der Waals surface area contributed by atoms with Crippen molar-refractivity contribution in [3.8, 4) is 0 Å². The summed E-state index contributed by atoms with van der Waals surface area (Å²) in [6.45, 7) is 0. The Balaban J connectivity index is 1.83. The van der Waals surface area contributed by atoms with Gasteiger partial charge in [0.05, 0.1) is 6.04 Å². The molecule has 0 bridgehead atoms. The van der Waals surface area contributed by atoms with Crippen LogP contribution in [0.5, 0.6) is 0 Å². The van der Waals surface area contributed by atoms with Gasteiger partial charge in [-0.05, 0) is 48.6 Å². The summed E-state index contributed by atoms with van der Waals surface area (Å²) in [5, 5.41) is 3.63. The van der Waals surface area contributed by atoms with E-state index in [0.717, 1.165) is 5.69 Å². The van der Waals surface area contributed by atoms with Crippen LogP contribution in [-0.4, -0.2) is 0 Å². The Bertz CT molecular complexity index is 544. The summed E-state index contributed by atoms with van der Waals surface area (Å²) in [5.41, 5.74) is 2.32.